The minimum Gasteiger partial charge on any atom is -0.356 e. The first-order valence-electron chi connectivity index (χ1n) is 14.7. The number of piperidine rings is 1. The van der Waals surface area contributed by atoms with Crippen LogP contribution in [0.2, 0.25) is 0 Å². The lowest BCUT2D eigenvalue weighted by Crippen LogP contribution is -2.47. The third-order valence-corrected chi connectivity index (χ3v) is 7.60. The Kier molecular flexibility index (Phi) is 13.5. The quantitative estimate of drug-likeness (QED) is 0.107. The normalized spacial score (nSPS) is 12.4. The molecule has 0 aliphatic carbocycles. The lowest BCUT2D eigenvalue weighted by molar-refractivity contribution is -0.385. The van der Waals surface area contributed by atoms with Crippen molar-refractivity contribution < 1.29 is 27.3 Å². The summed E-state index contributed by atoms with van der Waals surface area (Å²) in [6.45, 7) is 1.67. The summed E-state index contributed by atoms with van der Waals surface area (Å²) >= 11 is 0. The molecule has 262 valence electrons. The molecule has 0 radical (unpaired) electrons. The summed E-state index contributed by atoms with van der Waals surface area (Å²) in [6.07, 6.45) is 6.00. The molecule has 10 nitrogen and oxygen atoms in total. The van der Waals surface area contributed by atoms with Crippen LogP contribution < -0.4 is 10.2 Å². The van der Waals surface area contributed by atoms with E-state index in [0.717, 1.165) is 62.2 Å². The largest absolute Gasteiger partial charge is 0.356 e. The second-order valence-corrected chi connectivity index (χ2v) is 10.9. The minimum absolute atomic E-state index is 0. The van der Waals surface area contributed by atoms with Crippen LogP contribution in [-0.4, -0.2) is 57.0 Å². The number of aromatic nitrogens is 3. The second-order valence-electron chi connectivity index (χ2n) is 10.9. The fourth-order valence-electron chi connectivity index (χ4n) is 5.11. The van der Waals surface area contributed by atoms with Gasteiger partial charge in [0.2, 0.25) is 0 Å². The zero-order chi connectivity index (χ0) is 34.2. The van der Waals surface area contributed by atoms with Gasteiger partial charge in [0, 0.05) is 61.7 Å². The summed E-state index contributed by atoms with van der Waals surface area (Å²) in [4.78, 5) is 38.8. The van der Waals surface area contributed by atoms with Crippen molar-refractivity contribution in [3.05, 3.63) is 131 Å². The highest BCUT2D eigenvalue weighted by atomic mass is 19.1. The van der Waals surface area contributed by atoms with Crippen LogP contribution in [0.15, 0.2) is 97.5 Å². The Labute approximate surface area is 287 Å². The van der Waals surface area contributed by atoms with E-state index in [1.165, 1.54) is 30.5 Å². The summed E-state index contributed by atoms with van der Waals surface area (Å²) in [5.41, 5.74) is 1.61. The SMILES string of the molecule is C.C.CN(C(=O)Nc1ccc(-c2cc(F)cc(F)c2)nc1)C1CCN(c2ccccn2)CC1.O=[N+]([O-])c1ccc(-c2cc(F)cc(F)c2)nc1. The Morgan fingerprint density at radius 3 is 1.78 bits per heavy atom. The molecule has 0 atom stereocenters. The van der Waals surface area contributed by atoms with Crippen molar-refractivity contribution in [2.75, 3.05) is 30.4 Å². The molecule has 1 fully saturated rings. The summed E-state index contributed by atoms with van der Waals surface area (Å²) in [5.74, 6) is -1.81. The van der Waals surface area contributed by atoms with E-state index >= 15 is 0 Å². The highest BCUT2D eigenvalue weighted by Crippen LogP contribution is 2.24. The highest BCUT2D eigenvalue weighted by Gasteiger charge is 2.26. The number of rotatable bonds is 6. The molecule has 0 saturated carbocycles. The molecule has 4 heterocycles. The van der Waals surface area contributed by atoms with Crippen molar-refractivity contribution in [1.82, 2.24) is 19.9 Å². The van der Waals surface area contributed by atoms with Gasteiger partial charge in [-0.25, -0.2) is 32.3 Å². The first kappa shape index (κ1) is 38.5. The predicted octanol–water partition coefficient (Wildman–Crippen LogP) is 8.76. The van der Waals surface area contributed by atoms with Crippen LogP contribution in [0.3, 0.4) is 0 Å². The van der Waals surface area contributed by atoms with E-state index in [-0.39, 0.29) is 43.9 Å². The third-order valence-electron chi connectivity index (χ3n) is 7.60. The number of hydrogen-bond acceptors (Lipinski definition) is 7. The molecule has 14 heteroatoms. The molecule has 1 aliphatic rings. The van der Waals surface area contributed by atoms with Gasteiger partial charge in [0.25, 0.3) is 5.69 Å². The molecule has 0 spiro atoms. The maximum Gasteiger partial charge on any atom is 0.321 e. The molecule has 2 aromatic carbocycles. The highest BCUT2D eigenvalue weighted by molar-refractivity contribution is 5.89. The lowest BCUT2D eigenvalue weighted by atomic mass is 10.0. The molecule has 6 rings (SSSR count). The van der Waals surface area contributed by atoms with Crippen molar-refractivity contribution in [2.24, 2.45) is 0 Å². The molecular weight excluding hydrogens is 654 g/mol. The number of nitrogens with one attached hydrogen (secondary N) is 1. The van der Waals surface area contributed by atoms with E-state index < -0.39 is 28.2 Å². The van der Waals surface area contributed by atoms with Gasteiger partial charge in [-0.3, -0.25) is 15.1 Å². The molecule has 50 heavy (non-hydrogen) atoms. The Balaban J connectivity index is 0.000000304. The average molecular weight is 692 g/mol. The van der Waals surface area contributed by atoms with Gasteiger partial charge in [0.1, 0.15) is 35.3 Å². The fourth-order valence-corrected chi connectivity index (χ4v) is 5.11. The smallest absolute Gasteiger partial charge is 0.321 e. The van der Waals surface area contributed by atoms with Gasteiger partial charge < -0.3 is 15.1 Å². The number of pyridine rings is 3. The van der Waals surface area contributed by atoms with E-state index in [4.69, 9.17) is 0 Å². The zero-order valence-corrected chi connectivity index (χ0v) is 25.6. The summed E-state index contributed by atoms with van der Waals surface area (Å²) in [5, 5.41) is 13.2. The topological polar surface area (TPSA) is 117 Å². The number of carbonyl (C=O) groups excluding carboxylic acids is 1. The molecule has 0 bridgehead atoms. The molecule has 5 aromatic rings. The van der Waals surface area contributed by atoms with Gasteiger partial charge in [0.15, 0.2) is 0 Å². The number of halogens is 4. The molecule has 1 saturated heterocycles. The van der Waals surface area contributed by atoms with Crippen molar-refractivity contribution >= 4 is 23.2 Å². The van der Waals surface area contributed by atoms with Crippen LogP contribution in [0.4, 0.5) is 39.5 Å². The van der Waals surface area contributed by atoms with Crippen LogP contribution in [0.5, 0.6) is 0 Å². The van der Waals surface area contributed by atoms with Crippen molar-refractivity contribution in [3.8, 4) is 22.5 Å². The van der Waals surface area contributed by atoms with Crippen LogP contribution in [0.25, 0.3) is 22.5 Å². The number of nitro groups is 1. The van der Waals surface area contributed by atoms with Crippen molar-refractivity contribution in [1.29, 1.82) is 0 Å². The number of nitrogens with zero attached hydrogens (tertiary/aromatic N) is 6. The van der Waals surface area contributed by atoms with Crippen LogP contribution in [0, 0.1) is 33.4 Å². The maximum absolute atomic E-state index is 13.4. The number of carbonyl (C=O) groups is 1. The minimum atomic E-state index is -0.722. The fraction of sp³-hybridized carbons (Fsp3) is 0.222. The lowest BCUT2D eigenvalue weighted by Gasteiger charge is -2.37. The molecule has 3 aromatic heterocycles. The molecule has 2 amide bonds. The van der Waals surface area contributed by atoms with E-state index in [1.54, 1.807) is 30.3 Å². The van der Waals surface area contributed by atoms with Gasteiger partial charge in [-0.15, -0.1) is 0 Å². The average Bonchev–Trinajstić information content (AvgIpc) is 3.08. The van der Waals surface area contributed by atoms with Crippen LogP contribution >= 0.6 is 0 Å². The van der Waals surface area contributed by atoms with E-state index in [2.05, 4.69) is 25.2 Å². The van der Waals surface area contributed by atoms with Gasteiger partial charge in [-0.1, -0.05) is 20.9 Å². The van der Waals surface area contributed by atoms with Crippen LogP contribution in [0.1, 0.15) is 27.7 Å². The Hall–Kier alpha value is -5.92. The zero-order valence-electron chi connectivity index (χ0n) is 25.6. The monoisotopic (exact) mass is 691 g/mol. The first-order valence-corrected chi connectivity index (χ1v) is 14.7. The standard InChI is InChI=1S/C23H23F2N5O.C11H6F2N2O2.2CH4/c1-29(20-7-10-30(11-8-20)22-4-2-3-9-26-22)23(31)28-19-5-6-21(27-15-19)16-12-17(24)14-18(25)13-16;12-8-3-7(4-9(13)5-8)11-2-1-10(6-14-11)15(16)17;;/h2-6,9,12-15,20H,7-8,10-11H2,1H3,(H,28,31);1-6H;2*1H4. The van der Waals surface area contributed by atoms with E-state index in [1.807, 2.05) is 18.2 Å². The van der Waals surface area contributed by atoms with E-state index in [0.29, 0.717) is 16.9 Å². The third kappa shape index (κ3) is 10.0. The van der Waals surface area contributed by atoms with Gasteiger partial charge in [-0.2, -0.15) is 0 Å². The number of hydrogen-bond donors (Lipinski definition) is 1. The van der Waals surface area contributed by atoms with Crippen LogP contribution in [-0.2, 0) is 0 Å². The Bertz CT molecular complexity index is 1830. The summed E-state index contributed by atoms with van der Waals surface area (Å²) < 4.78 is 52.7. The number of amides is 2. The summed E-state index contributed by atoms with van der Waals surface area (Å²) in [6, 6.07) is 17.8. The number of benzene rings is 2. The molecule has 1 N–H and O–H groups in total. The number of anilines is 2. The summed E-state index contributed by atoms with van der Waals surface area (Å²) in [7, 11) is 1.79. The molecule has 1 aliphatic heterocycles. The first-order chi connectivity index (χ1) is 23.0. The van der Waals surface area contributed by atoms with Crippen molar-refractivity contribution in [2.45, 2.75) is 33.7 Å². The van der Waals surface area contributed by atoms with Crippen molar-refractivity contribution in [3.63, 3.8) is 0 Å². The predicted molar refractivity (Wildman–Crippen MR) is 186 cm³/mol. The number of urea groups is 1. The van der Waals surface area contributed by atoms with E-state index in [9.17, 15) is 32.5 Å². The van der Waals surface area contributed by atoms with Gasteiger partial charge >= 0.3 is 6.03 Å². The Morgan fingerprint density at radius 2 is 1.34 bits per heavy atom. The molecular formula is C36H37F4N7O3. The second kappa shape index (κ2) is 17.5. The van der Waals surface area contributed by atoms with Gasteiger partial charge in [-0.05, 0) is 67.4 Å². The van der Waals surface area contributed by atoms with Gasteiger partial charge in [0.05, 0.1) is 28.2 Å². The Morgan fingerprint density at radius 1 is 0.800 bits per heavy atom. The maximum atomic E-state index is 13.4. The molecule has 0 unspecified atom stereocenters.